The number of anilines is 1. The number of aromatic nitrogens is 1. The van der Waals surface area contributed by atoms with Crippen molar-refractivity contribution in [2.45, 2.75) is 18.9 Å². The molecule has 1 aromatic heterocycles. The van der Waals surface area contributed by atoms with Crippen molar-refractivity contribution in [1.82, 2.24) is 4.98 Å². The first-order valence-electron chi connectivity index (χ1n) is 9.33. The highest BCUT2D eigenvalue weighted by Crippen LogP contribution is 2.28. The first-order valence-corrected chi connectivity index (χ1v) is 10.1. The predicted octanol–water partition coefficient (Wildman–Crippen LogP) is 2.44. The van der Waals surface area contributed by atoms with Crippen LogP contribution in [0.1, 0.15) is 34.2 Å². The number of fused-ring (bicyclic) bond motifs is 1. The van der Waals surface area contributed by atoms with Gasteiger partial charge >= 0.3 is 5.97 Å². The van der Waals surface area contributed by atoms with Crippen LogP contribution in [-0.2, 0) is 9.53 Å². The van der Waals surface area contributed by atoms with Gasteiger partial charge in [-0.25, -0.2) is 9.78 Å². The van der Waals surface area contributed by atoms with Gasteiger partial charge in [-0.15, -0.1) is 11.3 Å². The molecule has 1 amide bonds. The number of benzene rings is 2. The maximum absolute atomic E-state index is 12.7. The largest absolute Gasteiger partial charge is 0.465 e. The van der Waals surface area contributed by atoms with Gasteiger partial charge in [-0.3, -0.25) is 4.79 Å². The molecule has 1 aliphatic rings. The lowest BCUT2D eigenvalue weighted by Gasteiger charge is -2.19. The summed E-state index contributed by atoms with van der Waals surface area (Å²) in [6.45, 7) is 1.28. The van der Waals surface area contributed by atoms with Crippen LogP contribution in [0.15, 0.2) is 48.5 Å². The monoisotopic (exact) mass is 396 g/mol. The highest BCUT2D eigenvalue weighted by Gasteiger charge is 2.34. The summed E-state index contributed by atoms with van der Waals surface area (Å²) in [5.74, 6) is -0.573. The predicted molar refractivity (Wildman–Crippen MR) is 109 cm³/mol. The summed E-state index contributed by atoms with van der Waals surface area (Å²) in [4.78, 5) is 30.6. The maximum atomic E-state index is 12.7. The summed E-state index contributed by atoms with van der Waals surface area (Å²) < 4.78 is 5.97. The van der Waals surface area contributed by atoms with E-state index in [2.05, 4.69) is 11.4 Å². The lowest BCUT2D eigenvalue weighted by molar-refractivity contribution is -0.910. The summed E-state index contributed by atoms with van der Waals surface area (Å²) in [6.07, 6.45) is 2.10. The van der Waals surface area contributed by atoms with Crippen molar-refractivity contribution in [3.63, 3.8) is 0 Å². The molecule has 0 bridgehead atoms. The molecule has 2 heterocycles. The second-order valence-electron chi connectivity index (χ2n) is 6.89. The number of methoxy groups -OCH3 is 1. The van der Waals surface area contributed by atoms with Crippen LogP contribution in [0.5, 0.6) is 0 Å². The lowest BCUT2D eigenvalue weighted by Crippen LogP contribution is -3.11. The molecule has 2 N–H and O–H groups in total. The quantitative estimate of drug-likeness (QED) is 0.650. The number of thiazole rings is 1. The maximum Gasteiger partial charge on any atom is 0.339 e. The number of hydrogen-bond acceptors (Lipinski definition) is 5. The fourth-order valence-corrected chi connectivity index (χ4v) is 4.90. The topological polar surface area (TPSA) is 72.7 Å². The molecule has 2 aromatic carbocycles. The third kappa shape index (κ3) is 3.76. The fourth-order valence-electron chi connectivity index (χ4n) is 3.74. The number of esters is 1. The van der Waals surface area contributed by atoms with Crippen molar-refractivity contribution in [2.24, 2.45) is 0 Å². The molecule has 7 heteroatoms. The minimum Gasteiger partial charge on any atom is -0.465 e. The Bertz CT molecular complexity index is 984. The van der Waals surface area contributed by atoms with E-state index in [1.807, 2.05) is 18.2 Å². The number of ether oxygens (including phenoxy) is 1. The van der Waals surface area contributed by atoms with E-state index in [1.165, 1.54) is 16.7 Å². The van der Waals surface area contributed by atoms with Gasteiger partial charge in [0, 0.05) is 12.8 Å². The zero-order valence-electron chi connectivity index (χ0n) is 15.6. The van der Waals surface area contributed by atoms with Gasteiger partial charge in [0.2, 0.25) is 0 Å². The molecule has 1 unspecified atom stereocenters. The first-order chi connectivity index (χ1) is 13.7. The molecule has 1 aliphatic heterocycles. The number of rotatable bonds is 5. The Morgan fingerprint density at radius 1 is 1.21 bits per heavy atom. The van der Waals surface area contributed by atoms with Crippen LogP contribution >= 0.6 is 11.3 Å². The number of quaternary nitrogens is 1. The van der Waals surface area contributed by atoms with Crippen molar-refractivity contribution in [1.29, 1.82) is 0 Å². The number of nitrogens with one attached hydrogen (secondary N) is 2. The number of likely N-dealkylation sites (tertiary alicyclic amines) is 1. The minimum atomic E-state index is -0.461. The molecule has 0 saturated carbocycles. The molecule has 2 atom stereocenters. The summed E-state index contributed by atoms with van der Waals surface area (Å²) in [7, 11) is 1.33. The molecule has 28 heavy (non-hydrogen) atoms. The minimum absolute atomic E-state index is 0.112. The Hall–Kier alpha value is -2.77. The smallest absolute Gasteiger partial charge is 0.339 e. The van der Waals surface area contributed by atoms with Gasteiger partial charge in [-0.1, -0.05) is 24.3 Å². The summed E-state index contributed by atoms with van der Waals surface area (Å²) in [6, 6.07) is 15.3. The Kier molecular flexibility index (Phi) is 5.36. The average molecular weight is 396 g/mol. The van der Waals surface area contributed by atoms with Gasteiger partial charge in [-0.2, -0.15) is 0 Å². The second kappa shape index (κ2) is 8.08. The second-order valence-corrected chi connectivity index (χ2v) is 7.95. The Balaban J connectivity index is 1.47. The van der Waals surface area contributed by atoms with Gasteiger partial charge < -0.3 is 15.0 Å². The summed E-state index contributed by atoms with van der Waals surface area (Å²) in [5, 5.41) is 3.97. The van der Waals surface area contributed by atoms with Crippen molar-refractivity contribution < 1.29 is 19.2 Å². The van der Waals surface area contributed by atoms with Crippen molar-refractivity contribution in [3.05, 3.63) is 59.1 Å². The van der Waals surface area contributed by atoms with Crippen LogP contribution in [0.3, 0.4) is 0 Å². The Morgan fingerprint density at radius 2 is 2.00 bits per heavy atom. The van der Waals surface area contributed by atoms with E-state index >= 15 is 0 Å². The molecule has 1 saturated heterocycles. The number of nitrogens with zero attached hydrogens (tertiary/aromatic N) is 1. The Morgan fingerprint density at radius 3 is 2.82 bits per heavy atom. The fraction of sp³-hybridized carbons (Fsp3) is 0.286. The third-order valence-corrected chi connectivity index (χ3v) is 6.24. The average Bonchev–Trinajstić information content (AvgIpc) is 3.34. The number of hydrogen-bond donors (Lipinski definition) is 2. The van der Waals surface area contributed by atoms with Gasteiger partial charge in [-0.05, 0) is 24.3 Å². The summed E-state index contributed by atoms with van der Waals surface area (Å²) >= 11 is 1.71. The molecule has 4 rings (SSSR count). The van der Waals surface area contributed by atoms with Crippen molar-refractivity contribution >= 4 is 39.1 Å². The van der Waals surface area contributed by atoms with Gasteiger partial charge in [0.25, 0.3) is 5.91 Å². The van der Waals surface area contributed by atoms with Crippen LogP contribution in [0.2, 0.25) is 0 Å². The van der Waals surface area contributed by atoms with Crippen LogP contribution in [0.4, 0.5) is 5.69 Å². The molecular weight excluding hydrogens is 374 g/mol. The normalized spacial score (nSPS) is 18.9. The molecule has 144 valence electrons. The van der Waals surface area contributed by atoms with Crippen LogP contribution in [0, 0.1) is 0 Å². The molecule has 3 aromatic rings. The Labute approximate surface area is 167 Å². The van der Waals surface area contributed by atoms with Gasteiger partial charge in [0.1, 0.15) is 6.04 Å². The first kappa shape index (κ1) is 18.6. The van der Waals surface area contributed by atoms with Gasteiger partial charge in [0.15, 0.2) is 11.6 Å². The zero-order valence-corrected chi connectivity index (χ0v) is 16.4. The molecular formula is C21H22N3O3S+. The molecule has 1 fully saturated rings. The van der Waals surface area contributed by atoms with Gasteiger partial charge in [0.05, 0.1) is 35.1 Å². The number of carbonyl (C=O) groups excluding carboxylic acids is 2. The number of para-hydroxylation sites is 2. The highest BCUT2D eigenvalue weighted by molar-refractivity contribution is 7.18. The van der Waals surface area contributed by atoms with E-state index in [-0.39, 0.29) is 11.9 Å². The number of carbonyl (C=O) groups is 2. The summed E-state index contributed by atoms with van der Waals surface area (Å²) in [5.41, 5.74) is 1.86. The molecule has 0 aliphatic carbocycles. The molecule has 6 nitrogen and oxygen atoms in total. The lowest BCUT2D eigenvalue weighted by atomic mass is 10.2. The highest BCUT2D eigenvalue weighted by atomic mass is 32.1. The standard InChI is InChI=1S/C21H21N3O3S/c1-27-21(26)14-7-2-3-8-15(14)22-19(25)13-24-12-6-10-17(24)20-23-16-9-4-5-11-18(16)28-20/h2-5,7-9,11,17H,6,10,12-13H2,1H3,(H,22,25)/p+1/t17-/m1/s1. The van der Waals surface area contributed by atoms with E-state index in [1.54, 1.807) is 35.6 Å². The van der Waals surface area contributed by atoms with E-state index in [0.29, 0.717) is 17.8 Å². The molecule has 0 radical (unpaired) electrons. The van der Waals surface area contributed by atoms with Crippen LogP contribution < -0.4 is 10.2 Å². The van der Waals surface area contributed by atoms with E-state index in [9.17, 15) is 9.59 Å². The van der Waals surface area contributed by atoms with E-state index in [0.717, 1.165) is 29.9 Å². The van der Waals surface area contributed by atoms with Crippen molar-refractivity contribution in [2.75, 3.05) is 25.5 Å². The third-order valence-electron chi connectivity index (χ3n) is 5.09. The zero-order chi connectivity index (χ0) is 19.5. The van der Waals surface area contributed by atoms with Crippen LogP contribution in [-0.4, -0.2) is 37.1 Å². The molecule has 0 spiro atoms. The van der Waals surface area contributed by atoms with Crippen LogP contribution in [0.25, 0.3) is 10.2 Å². The number of amides is 1. The van der Waals surface area contributed by atoms with E-state index in [4.69, 9.17) is 9.72 Å². The van der Waals surface area contributed by atoms with E-state index < -0.39 is 5.97 Å². The van der Waals surface area contributed by atoms with Crippen molar-refractivity contribution in [3.8, 4) is 0 Å². The SMILES string of the molecule is COC(=O)c1ccccc1NC(=O)C[NH+]1CCC[C@@H]1c1nc2ccccc2s1.